The molecule has 2 rings (SSSR count). The highest BCUT2D eigenvalue weighted by Crippen LogP contribution is 2.25. The zero-order valence-electron chi connectivity index (χ0n) is 11.4. The van der Waals surface area contributed by atoms with E-state index in [0.717, 1.165) is 5.69 Å². The van der Waals surface area contributed by atoms with Crippen LogP contribution >= 0.6 is 0 Å². The van der Waals surface area contributed by atoms with Crippen molar-refractivity contribution in [3.05, 3.63) is 23.8 Å². The highest BCUT2D eigenvalue weighted by Gasteiger charge is 2.20. The molecular weight excluding hydrogens is 278 g/mol. The molecule has 0 aromatic heterocycles. The Bertz CT molecular complexity index is 613. The van der Waals surface area contributed by atoms with E-state index in [1.54, 1.807) is 25.2 Å². The smallest absolute Gasteiger partial charge is 0.251 e. The molecule has 1 aliphatic heterocycles. The minimum absolute atomic E-state index is 0.142. The van der Waals surface area contributed by atoms with E-state index in [4.69, 9.17) is 5.73 Å². The van der Waals surface area contributed by atoms with Gasteiger partial charge in [-0.15, -0.1) is 0 Å². The molecule has 1 heterocycles. The van der Waals surface area contributed by atoms with E-state index >= 15 is 0 Å². The predicted molar refractivity (Wildman–Crippen MR) is 79.7 cm³/mol. The minimum Gasteiger partial charge on any atom is -0.397 e. The number of nitrogens with two attached hydrogens (primary N) is 1. The number of nitrogens with one attached hydrogen (secondary N) is 1. The first-order valence-corrected chi connectivity index (χ1v) is 8.32. The normalized spacial score (nSPS) is 18.4. The maximum atomic E-state index is 11.6. The van der Waals surface area contributed by atoms with Crippen molar-refractivity contribution in [1.29, 1.82) is 0 Å². The van der Waals surface area contributed by atoms with Gasteiger partial charge < -0.3 is 16.0 Å². The van der Waals surface area contributed by atoms with Gasteiger partial charge in [-0.1, -0.05) is 0 Å². The molecule has 1 aliphatic rings. The van der Waals surface area contributed by atoms with Crippen molar-refractivity contribution >= 4 is 27.1 Å². The molecule has 0 saturated carbocycles. The lowest BCUT2D eigenvalue weighted by Crippen LogP contribution is -2.27. The molecule has 1 fully saturated rings. The van der Waals surface area contributed by atoms with Crippen molar-refractivity contribution in [2.24, 2.45) is 0 Å². The van der Waals surface area contributed by atoms with Gasteiger partial charge in [0.25, 0.3) is 5.91 Å². The summed E-state index contributed by atoms with van der Waals surface area (Å²) in [6.07, 6.45) is 0.596. The number of amides is 1. The molecule has 110 valence electrons. The van der Waals surface area contributed by atoms with Crippen LogP contribution in [0.3, 0.4) is 0 Å². The van der Waals surface area contributed by atoms with Crippen LogP contribution in [0, 0.1) is 0 Å². The van der Waals surface area contributed by atoms with Crippen LogP contribution in [0.5, 0.6) is 0 Å². The second-order valence-electron chi connectivity index (χ2n) is 4.85. The number of nitrogens with zero attached hydrogens (tertiary/aromatic N) is 1. The van der Waals surface area contributed by atoms with Crippen LogP contribution in [0.15, 0.2) is 18.2 Å². The number of nitrogen functional groups attached to an aromatic ring is 1. The Morgan fingerprint density at radius 1 is 1.30 bits per heavy atom. The third kappa shape index (κ3) is 3.22. The third-order valence-electron chi connectivity index (χ3n) is 3.41. The molecule has 1 aromatic carbocycles. The quantitative estimate of drug-likeness (QED) is 0.764. The highest BCUT2D eigenvalue weighted by atomic mass is 32.2. The van der Waals surface area contributed by atoms with Gasteiger partial charge in [0.15, 0.2) is 9.84 Å². The summed E-state index contributed by atoms with van der Waals surface area (Å²) in [4.78, 5) is 13.5. The average molecular weight is 297 g/mol. The molecule has 0 spiro atoms. The topological polar surface area (TPSA) is 92.5 Å². The molecule has 0 aliphatic carbocycles. The van der Waals surface area contributed by atoms with Crippen molar-refractivity contribution in [2.75, 3.05) is 42.3 Å². The van der Waals surface area contributed by atoms with Crippen LogP contribution in [0.1, 0.15) is 16.8 Å². The molecule has 0 bridgehead atoms. The summed E-state index contributed by atoms with van der Waals surface area (Å²) in [5, 5.41) is 2.54. The van der Waals surface area contributed by atoms with Crippen molar-refractivity contribution in [3.8, 4) is 0 Å². The molecule has 3 N–H and O–H groups in total. The lowest BCUT2D eigenvalue weighted by atomic mass is 10.1. The van der Waals surface area contributed by atoms with Crippen LogP contribution in [0.2, 0.25) is 0 Å². The fraction of sp³-hybridized carbons (Fsp3) is 0.462. The first kappa shape index (κ1) is 14.6. The van der Waals surface area contributed by atoms with Gasteiger partial charge in [-0.05, 0) is 24.6 Å². The zero-order chi connectivity index (χ0) is 14.8. The average Bonchev–Trinajstić information content (AvgIpc) is 2.59. The number of carbonyl (C=O) groups is 1. The van der Waals surface area contributed by atoms with Crippen LogP contribution in [-0.4, -0.2) is 46.0 Å². The van der Waals surface area contributed by atoms with E-state index in [9.17, 15) is 13.2 Å². The molecule has 0 radical (unpaired) electrons. The highest BCUT2D eigenvalue weighted by molar-refractivity contribution is 7.91. The molecule has 1 amide bonds. The number of hydrogen-bond donors (Lipinski definition) is 2. The molecule has 6 nitrogen and oxygen atoms in total. The molecular formula is C13H19N3O3S. The van der Waals surface area contributed by atoms with Gasteiger partial charge in [-0.25, -0.2) is 8.42 Å². The van der Waals surface area contributed by atoms with Crippen molar-refractivity contribution in [3.63, 3.8) is 0 Å². The Labute approximate surface area is 118 Å². The summed E-state index contributed by atoms with van der Waals surface area (Å²) >= 11 is 0. The second kappa shape index (κ2) is 5.70. The maximum Gasteiger partial charge on any atom is 0.251 e. The van der Waals surface area contributed by atoms with Gasteiger partial charge >= 0.3 is 0 Å². The molecule has 1 saturated heterocycles. The fourth-order valence-electron chi connectivity index (χ4n) is 2.31. The third-order valence-corrected chi connectivity index (χ3v) is 5.13. The van der Waals surface area contributed by atoms with Gasteiger partial charge in [0.1, 0.15) is 0 Å². The number of anilines is 2. The number of hydrogen-bond acceptors (Lipinski definition) is 5. The number of rotatable bonds is 2. The first-order chi connectivity index (χ1) is 9.43. The summed E-state index contributed by atoms with van der Waals surface area (Å²) in [7, 11) is -1.38. The molecule has 7 heteroatoms. The number of benzene rings is 1. The maximum absolute atomic E-state index is 11.6. The van der Waals surface area contributed by atoms with Gasteiger partial charge in [-0.3, -0.25) is 4.79 Å². The van der Waals surface area contributed by atoms with E-state index in [0.29, 0.717) is 30.8 Å². The summed E-state index contributed by atoms with van der Waals surface area (Å²) < 4.78 is 23.2. The Hall–Kier alpha value is -1.76. The monoisotopic (exact) mass is 297 g/mol. The van der Waals surface area contributed by atoms with Crippen LogP contribution in [0.25, 0.3) is 0 Å². The van der Waals surface area contributed by atoms with Crippen molar-refractivity contribution in [1.82, 2.24) is 5.32 Å². The van der Waals surface area contributed by atoms with Crippen molar-refractivity contribution < 1.29 is 13.2 Å². The van der Waals surface area contributed by atoms with E-state index in [1.807, 2.05) is 4.90 Å². The van der Waals surface area contributed by atoms with Crippen LogP contribution < -0.4 is 16.0 Å². The fourth-order valence-corrected chi connectivity index (χ4v) is 3.58. The largest absolute Gasteiger partial charge is 0.397 e. The summed E-state index contributed by atoms with van der Waals surface area (Å²) in [5.74, 6) is 0.172. The lowest BCUT2D eigenvalue weighted by molar-refractivity contribution is 0.0963. The van der Waals surface area contributed by atoms with Crippen molar-refractivity contribution in [2.45, 2.75) is 6.42 Å². The SMILES string of the molecule is CNC(=O)c1ccc(N2CCCS(=O)(=O)CC2)c(N)c1. The van der Waals surface area contributed by atoms with E-state index in [2.05, 4.69) is 5.32 Å². The Balaban J connectivity index is 2.23. The van der Waals surface area contributed by atoms with Gasteiger partial charge in [0.2, 0.25) is 0 Å². The Morgan fingerprint density at radius 3 is 2.70 bits per heavy atom. The molecule has 0 unspecified atom stereocenters. The van der Waals surface area contributed by atoms with Gasteiger partial charge in [0, 0.05) is 25.7 Å². The standard InChI is InChI=1S/C13H19N3O3S/c1-15-13(17)10-3-4-12(11(14)9-10)16-5-2-7-20(18,19)8-6-16/h3-4,9H,2,5-8,14H2,1H3,(H,15,17). The minimum atomic E-state index is -2.95. The van der Waals surface area contributed by atoms with E-state index in [1.165, 1.54) is 0 Å². The van der Waals surface area contributed by atoms with Crippen LogP contribution in [0.4, 0.5) is 11.4 Å². The predicted octanol–water partition coefficient (Wildman–Crippen LogP) is 0.253. The zero-order valence-corrected chi connectivity index (χ0v) is 12.2. The Kier molecular flexibility index (Phi) is 4.17. The van der Waals surface area contributed by atoms with Gasteiger partial charge in [-0.2, -0.15) is 0 Å². The molecule has 0 atom stereocenters. The van der Waals surface area contributed by atoms with Crippen LogP contribution in [-0.2, 0) is 9.84 Å². The van der Waals surface area contributed by atoms with E-state index < -0.39 is 9.84 Å². The number of carbonyl (C=O) groups excluding carboxylic acids is 1. The summed E-state index contributed by atoms with van der Waals surface area (Å²) in [6.45, 7) is 1.09. The van der Waals surface area contributed by atoms with Gasteiger partial charge in [0.05, 0.1) is 22.9 Å². The second-order valence-corrected chi connectivity index (χ2v) is 7.15. The van der Waals surface area contributed by atoms with E-state index in [-0.39, 0.29) is 17.4 Å². The first-order valence-electron chi connectivity index (χ1n) is 6.50. The molecule has 20 heavy (non-hydrogen) atoms. The summed E-state index contributed by atoms with van der Waals surface area (Å²) in [6, 6.07) is 5.09. The Morgan fingerprint density at radius 2 is 2.05 bits per heavy atom. The molecule has 1 aromatic rings. The summed E-state index contributed by atoms with van der Waals surface area (Å²) in [5.41, 5.74) is 7.77. The lowest BCUT2D eigenvalue weighted by Gasteiger charge is -2.24. The number of sulfone groups is 1.